The fourth-order valence-corrected chi connectivity index (χ4v) is 7.97. The molecule has 6 rings (SSSR count). The first-order chi connectivity index (χ1) is 16.6. The van der Waals surface area contributed by atoms with E-state index in [0.29, 0.717) is 37.8 Å². The van der Waals surface area contributed by atoms with Gasteiger partial charge in [-0.1, -0.05) is 19.1 Å². The van der Waals surface area contributed by atoms with Gasteiger partial charge in [-0.05, 0) is 63.9 Å². The van der Waals surface area contributed by atoms with E-state index in [1.165, 1.54) is 0 Å². The summed E-state index contributed by atoms with van der Waals surface area (Å²) in [5, 5.41) is 24.8. The summed E-state index contributed by atoms with van der Waals surface area (Å²) in [4.78, 5) is 19.2. The lowest BCUT2D eigenvalue weighted by Gasteiger charge is -2.61. The van der Waals surface area contributed by atoms with Crippen molar-refractivity contribution in [1.29, 1.82) is 0 Å². The van der Waals surface area contributed by atoms with Crippen LogP contribution in [0.25, 0.3) is 0 Å². The molecule has 0 radical (unpaired) electrons. The molecule has 8 atom stereocenters. The van der Waals surface area contributed by atoms with Gasteiger partial charge in [0.15, 0.2) is 5.67 Å². The molecule has 8 unspecified atom stereocenters. The van der Waals surface area contributed by atoms with Crippen LogP contribution in [0, 0.1) is 11.3 Å². The number of carbonyl (C=O) groups excluding carboxylic acids is 1. The molecule has 188 valence electrons. The number of amides is 1. The third-order valence-corrected chi connectivity index (χ3v) is 9.86. The number of allylic oxidation sites excluding steroid dienone is 2. The fourth-order valence-electron chi connectivity index (χ4n) is 7.97. The third kappa shape index (κ3) is 2.91. The van der Waals surface area contributed by atoms with Crippen LogP contribution in [-0.2, 0) is 9.53 Å². The quantitative estimate of drug-likeness (QED) is 0.573. The molecule has 3 fully saturated rings. The van der Waals surface area contributed by atoms with Gasteiger partial charge >= 0.3 is 0 Å². The minimum Gasteiger partial charge on any atom is -0.389 e. The van der Waals surface area contributed by atoms with Gasteiger partial charge in [-0.2, -0.15) is 0 Å². The molecule has 2 saturated heterocycles. The van der Waals surface area contributed by atoms with Gasteiger partial charge in [0.25, 0.3) is 5.91 Å². The number of pyridine rings is 1. The molecule has 2 aliphatic heterocycles. The van der Waals surface area contributed by atoms with Crippen molar-refractivity contribution >= 4 is 11.6 Å². The van der Waals surface area contributed by atoms with E-state index in [1.807, 2.05) is 37.2 Å². The summed E-state index contributed by atoms with van der Waals surface area (Å²) in [6.07, 6.45) is 7.48. The summed E-state index contributed by atoms with van der Waals surface area (Å²) in [5.41, 5.74) is -2.02. The van der Waals surface area contributed by atoms with Crippen molar-refractivity contribution in [3.05, 3.63) is 47.8 Å². The Bertz CT molecular complexity index is 1120. The van der Waals surface area contributed by atoms with E-state index in [9.17, 15) is 15.0 Å². The van der Waals surface area contributed by atoms with E-state index in [1.54, 1.807) is 18.5 Å². The lowest BCUT2D eigenvalue weighted by molar-refractivity contribution is -0.283. The SMILES string of the molecule is CN(C)C1CC23CCC4(O2)C(=CCC2(C)C(C(=O)Nc5cccnc5)=CCC24)CC3(F)C(O)C1O. The number of aromatic nitrogens is 1. The Labute approximate surface area is 205 Å². The highest BCUT2D eigenvalue weighted by Gasteiger charge is 2.76. The number of nitrogens with one attached hydrogen (secondary N) is 1. The number of rotatable bonds is 3. The Hall–Kier alpha value is -2.13. The van der Waals surface area contributed by atoms with Crippen molar-refractivity contribution in [2.75, 3.05) is 19.4 Å². The maximum atomic E-state index is 16.8. The average molecular weight is 484 g/mol. The topological polar surface area (TPSA) is 94.9 Å². The third-order valence-electron chi connectivity index (χ3n) is 9.86. The summed E-state index contributed by atoms with van der Waals surface area (Å²) in [5.74, 6) is -0.126. The van der Waals surface area contributed by atoms with Crippen LogP contribution in [0.5, 0.6) is 0 Å². The van der Waals surface area contributed by atoms with Crippen LogP contribution >= 0.6 is 0 Å². The van der Waals surface area contributed by atoms with Gasteiger partial charge < -0.3 is 25.2 Å². The maximum absolute atomic E-state index is 16.8. The van der Waals surface area contributed by atoms with Crippen molar-refractivity contribution in [3.8, 4) is 0 Å². The highest BCUT2D eigenvalue weighted by molar-refractivity contribution is 6.05. The Morgan fingerprint density at radius 3 is 2.80 bits per heavy atom. The summed E-state index contributed by atoms with van der Waals surface area (Å²) in [6.45, 7) is 2.12. The van der Waals surface area contributed by atoms with Crippen LogP contribution in [0.3, 0.4) is 0 Å². The van der Waals surface area contributed by atoms with Crippen molar-refractivity contribution in [2.45, 2.75) is 80.6 Å². The van der Waals surface area contributed by atoms with Crippen molar-refractivity contribution < 1.29 is 24.1 Å². The van der Waals surface area contributed by atoms with Gasteiger partial charge in [-0.15, -0.1) is 0 Å². The molecule has 8 heteroatoms. The normalized spacial score (nSPS) is 45.8. The zero-order valence-electron chi connectivity index (χ0n) is 20.5. The summed E-state index contributed by atoms with van der Waals surface area (Å²) < 4.78 is 23.6. The second-order valence-corrected chi connectivity index (χ2v) is 11.6. The van der Waals surface area contributed by atoms with E-state index in [0.717, 1.165) is 11.1 Å². The standard InChI is InChI=1S/C27H34FN3O4/c1-24-9-8-16-13-27(28)22(33)21(32)19(31(2)3)14-25(27)10-11-26(16,35-25)20(24)7-6-18(24)23(34)30-17-5-4-12-29-15-17/h4-6,8,12,15,19-22,32-33H,7,9-11,13-14H2,1-3H3,(H,30,34). The van der Waals surface area contributed by atoms with Gasteiger partial charge in [0.1, 0.15) is 11.7 Å². The van der Waals surface area contributed by atoms with Gasteiger partial charge in [0, 0.05) is 35.6 Å². The molecule has 7 nitrogen and oxygen atoms in total. The Balaban J connectivity index is 1.35. The fraction of sp³-hybridized carbons (Fsp3) is 0.630. The molecule has 2 bridgehead atoms. The van der Waals surface area contributed by atoms with E-state index in [-0.39, 0.29) is 18.2 Å². The molecular weight excluding hydrogens is 449 g/mol. The monoisotopic (exact) mass is 483 g/mol. The van der Waals surface area contributed by atoms with Crippen molar-refractivity contribution in [1.82, 2.24) is 9.88 Å². The summed E-state index contributed by atoms with van der Waals surface area (Å²) in [7, 11) is 3.68. The number of carbonyl (C=O) groups is 1. The van der Waals surface area contributed by atoms with Crippen LogP contribution in [0.2, 0.25) is 0 Å². The van der Waals surface area contributed by atoms with Gasteiger partial charge in [-0.3, -0.25) is 9.78 Å². The second kappa shape index (κ2) is 7.44. The number of aliphatic hydroxyl groups excluding tert-OH is 2. The maximum Gasteiger partial charge on any atom is 0.251 e. The summed E-state index contributed by atoms with van der Waals surface area (Å²) in [6, 6.07) is 3.20. The van der Waals surface area contributed by atoms with Crippen LogP contribution in [0.1, 0.15) is 45.4 Å². The number of hydrogen-bond acceptors (Lipinski definition) is 6. The Kier molecular flexibility index (Phi) is 4.95. The Morgan fingerprint density at radius 1 is 1.29 bits per heavy atom. The molecule has 5 aliphatic rings. The molecule has 1 amide bonds. The number of alkyl halides is 1. The predicted octanol–water partition coefficient (Wildman–Crippen LogP) is 2.76. The zero-order chi connectivity index (χ0) is 24.8. The molecule has 35 heavy (non-hydrogen) atoms. The first-order valence-corrected chi connectivity index (χ1v) is 12.6. The molecule has 1 saturated carbocycles. The smallest absolute Gasteiger partial charge is 0.251 e. The molecule has 1 aromatic heterocycles. The minimum absolute atomic E-state index is 0.00960. The highest BCUT2D eigenvalue weighted by Crippen LogP contribution is 2.69. The van der Waals surface area contributed by atoms with Crippen molar-refractivity contribution in [2.24, 2.45) is 11.3 Å². The second-order valence-electron chi connectivity index (χ2n) is 11.6. The highest BCUT2D eigenvalue weighted by atomic mass is 19.1. The zero-order valence-corrected chi connectivity index (χ0v) is 20.5. The van der Waals surface area contributed by atoms with Crippen molar-refractivity contribution in [3.63, 3.8) is 0 Å². The number of fused-ring (bicyclic) bond motifs is 1. The van der Waals surface area contributed by atoms with Gasteiger partial charge in [-0.25, -0.2) is 4.39 Å². The lowest BCUT2D eigenvalue weighted by Crippen LogP contribution is -2.74. The minimum atomic E-state index is -2.04. The first kappa shape index (κ1) is 23.3. The largest absolute Gasteiger partial charge is 0.389 e. The molecule has 3 heterocycles. The van der Waals surface area contributed by atoms with Crippen LogP contribution in [0.15, 0.2) is 47.8 Å². The van der Waals surface area contributed by atoms with E-state index in [4.69, 9.17) is 4.74 Å². The van der Waals surface area contributed by atoms with Gasteiger partial charge in [0.05, 0.1) is 23.6 Å². The first-order valence-electron chi connectivity index (χ1n) is 12.6. The van der Waals surface area contributed by atoms with E-state index < -0.39 is 40.5 Å². The lowest BCUT2D eigenvalue weighted by atomic mass is 9.57. The van der Waals surface area contributed by atoms with E-state index >= 15 is 4.39 Å². The van der Waals surface area contributed by atoms with Crippen LogP contribution in [-0.4, -0.2) is 75.2 Å². The number of aliphatic hydroxyl groups is 2. The van der Waals surface area contributed by atoms with E-state index in [2.05, 4.69) is 17.2 Å². The number of hydrogen-bond donors (Lipinski definition) is 3. The molecule has 0 aromatic carbocycles. The number of likely N-dealkylation sites (N-methyl/N-ethyl adjacent to an activating group) is 1. The molecular formula is C27H34FN3O4. The van der Waals surface area contributed by atoms with Crippen LogP contribution < -0.4 is 5.32 Å². The Morgan fingerprint density at radius 2 is 2.09 bits per heavy atom. The number of halogens is 1. The van der Waals surface area contributed by atoms with Gasteiger partial charge in [0.2, 0.25) is 0 Å². The molecule has 3 N–H and O–H groups in total. The molecule has 1 aromatic rings. The number of nitrogens with zero attached hydrogens (tertiary/aromatic N) is 2. The molecule has 2 spiro atoms. The molecule has 3 aliphatic carbocycles. The number of ether oxygens (including phenoxy) is 1. The van der Waals surface area contributed by atoms with Crippen LogP contribution in [0.4, 0.5) is 10.1 Å². The number of anilines is 1. The average Bonchev–Trinajstić information content (AvgIpc) is 3.36. The summed E-state index contributed by atoms with van der Waals surface area (Å²) >= 11 is 0. The predicted molar refractivity (Wildman–Crippen MR) is 128 cm³/mol.